The summed E-state index contributed by atoms with van der Waals surface area (Å²) in [6.45, 7) is 5.68. The van der Waals surface area contributed by atoms with Crippen LogP contribution >= 0.6 is 11.3 Å². The second-order valence-corrected chi connectivity index (χ2v) is 6.22. The van der Waals surface area contributed by atoms with Crippen LogP contribution in [0.3, 0.4) is 0 Å². The van der Waals surface area contributed by atoms with Gasteiger partial charge in [0.05, 0.1) is 27.3 Å². The summed E-state index contributed by atoms with van der Waals surface area (Å²) in [7, 11) is 0. The SMILES string of the molecule is Cc1cnc(-c2cc(C)c(C(=O)N3CCCC3)s2)cn1. The number of likely N-dealkylation sites (tertiary alicyclic amines) is 1. The number of rotatable bonds is 2. The molecule has 2 aromatic heterocycles. The zero-order valence-electron chi connectivity index (χ0n) is 11.7. The highest BCUT2D eigenvalue weighted by Crippen LogP contribution is 2.31. The van der Waals surface area contributed by atoms with Gasteiger partial charge in [-0.05, 0) is 38.3 Å². The minimum absolute atomic E-state index is 0.163. The van der Waals surface area contributed by atoms with Gasteiger partial charge in [-0.15, -0.1) is 11.3 Å². The van der Waals surface area contributed by atoms with Crippen LogP contribution in [0.4, 0.5) is 0 Å². The minimum atomic E-state index is 0.163. The normalized spacial score (nSPS) is 14.8. The lowest BCUT2D eigenvalue weighted by Gasteiger charge is -2.14. The summed E-state index contributed by atoms with van der Waals surface area (Å²) in [6, 6.07) is 2.04. The fourth-order valence-corrected chi connectivity index (χ4v) is 3.51. The molecule has 0 aliphatic carbocycles. The molecule has 104 valence electrons. The fraction of sp³-hybridized carbons (Fsp3) is 0.400. The Kier molecular flexibility index (Phi) is 3.53. The van der Waals surface area contributed by atoms with Crippen LogP contribution in [0.1, 0.15) is 33.8 Å². The van der Waals surface area contributed by atoms with Crippen LogP contribution in [0, 0.1) is 13.8 Å². The van der Waals surface area contributed by atoms with Crippen LogP contribution < -0.4 is 0 Å². The van der Waals surface area contributed by atoms with Gasteiger partial charge in [0.1, 0.15) is 0 Å². The van der Waals surface area contributed by atoms with Crippen LogP contribution in [0.25, 0.3) is 10.6 Å². The van der Waals surface area contributed by atoms with Crippen molar-refractivity contribution in [2.24, 2.45) is 0 Å². The highest BCUT2D eigenvalue weighted by Gasteiger charge is 2.23. The average molecular weight is 287 g/mol. The monoisotopic (exact) mass is 287 g/mol. The van der Waals surface area contributed by atoms with Gasteiger partial charge in [0.25, 0.3) is 5.91 Å². The van der Waals surface area contributed by atoms with E-state index in [4.69, 9.17) is 0 Å². The lowest BCUT2D eigenvalue weighted by molar-refractivity contribution is 0.0797. The Balaban J connectivity index is 1.90. The third kappa shape index (κ3) is 2.45. The summed E-state index contributed by atoms with van der Waals surface area (Å²) in [4.78, 5) is 24.9. The van der Waals surface area contributed by atoms with Gasteiger partial charge in [0.15, 0.2) is 0 Å². The van der Waals surface area contributed by atoms with Gasteiger partial charge in [0, 0.05) is 19.3 Å². The Morgan fingerprint density at radius 1 is 1.20 bits per heavy atom. The summed E-state index contributed by atoms with van der Waals surface area (Å²) in [5.74, 6) is 0.163. The van der Waals surface area contributed by atoms with Gasteiger partial charge in [0.2, 0.25) is 0 Å². The third-order valence-electron chi connectivity index (χ3n) is 3.54. The molecule has 5 heteroatoms. The predicted molar refractivity (Wildman–Crippen MR) is 80.0 cm³/mol. The maximum atomic E-state index is 12.5. The summed E-state index contributed by atoms with van der Waals surface area (Å²) >= 11 is 1.52. The topological polar surface area (TPSA) is 46.1 Å². The number of aryl methyl sites for hydroxylation is 2. The van der Waals surface area contributed by atoms with Gasteiger partial charge in [-0.1, -0.05) is 0 Å². The highest BCUT2D eigenvalue weighted by atomic mass is 32.1. The molecule has 4 nitrogen and oxygen atoms in total. The molecule has 0 spiro atoms. The van der Waals surface area contributed by atoms with E-state index < -0.39 is 0 Å². The molecule has 3 heterocycles. The third-order valence-corrected chi connectivity index (χ3v) is 4.79. The van der Waals surface area contributed by atoms with Gasteiger partial charge >= 0.3 is 0 Å². The second-order valence-electron chi connectivity index (χ2n) is 5.17. The number of amides is 1. The van der Waals surface area contributed by atoms with Crippen molar-refractivity contribution in [2.45, 2.75) is 26.7 Å². The largest absolute Gasteiger partial charge is 0.338 e. The quantitative estimate of drug-likeness (QED) is 0.853. The number of carbonyl (C=O) groups is 1. The molecular weight excluding hydrogens is 270 g/mol. The van der Waals surface area contributed by atoms with E-state index in [2.05, 4.69) is 9.97 Å². The van der Waals surface area contributed by atoms with Crippen molar-refractivity contribution in [3.63, 3.8) is 0 Å². The van der Waals surface area contributed by atoms with E-state index in [1.54, 1.807) is 12.4 Å². The first-order chi connectivity index (χ1) is 9.65. The Morgan fingerprint density at radius 3 is 2.60 bits per heavy atom. The Morgan fingerprint density at radius 2 is 1.95 bits per heavy atom. The van der Waals surface area contributed by atoms with E-state index in [0.29, 0.717) is 0 Å². The van der Waals surface area contributed by atoms with Gasteiger partial charge in [-0.25, -0.2) is 0 Å². The van der Waals surface area contributed by atoms with Crippen molar-refractivity contribution < 1.29 is 4.79 Å². The van der Waals surface area contributed by atoms with Gasteiger partial charge < -0.3 is 4.90 Å². The molecule has 1 fully saturated rings. The molecule has 0 saturated carbocycles. The van der Waals surface area contributed by atoms with Crippen LogP contribution in [0.15, 0.2) is 18.5 Å². The summed E-state index contributed by atoms with van der Waals surface area (Å²) in [6.07, 6.45) is 5.76. The number of hydrogen-bond acceptors (Lipinski definition) is 4. The first-order valence-corrected chi connectivity index (χ1v) is 7.65. The van der Waals surface area contributed by atoms with E-state index in [-0.39, 0.29) is 5.91 Å². The van der Waals surface area contributed by atoms with Crippen molar-refractivity contribution in [3.8, 4) is 10.6 Å². The maximum Gasteiger partial charge on any atom is 0.264 e. The molecule has 0 unspecified atom stereocenters. The average Bonchev–Trinajstić information content (AvgIpc) is 3.08. The summed E-state index contributed by atoms with van der Waals surface area (Å²) in [5.41, 5.74) is 2.77. The summed E-state index contributed by atoms with van der Waals surface area (Å²) < 4.78 is 0. The molecule has 0 bridgehead atoms. The van der Waals surface area contributed by atoms with Crippen molar-refractivity contribution in [3.05, 3.63) is 34.6 Å². The van der Waals surface area contributed by atoms with Crippen LogP contribution in [-0.2, 0) is 0 Å². The van der Waals surface area contributed by atoms with Gasteiger partial charge in [-0.2, -0.15) is 0 Å². The molecule has 0 atom stereocenters. The van der Waals surface area contributed by atoms with Crippen molar-refractivity contribution >= 4 is 17.2 Å². The molecule has 20 heavy (non-hydrogen) atoms. The van der Waals surface area contributed by atoms with E-state index in [1.165, 1.54) is 11.3 Å². The zero-order chi connectivity index (χ0) is 14.1. The number of hydrogen-bond donors (Lipinski definition) is 0. The maximum absolute atomic E-state index is 12.5. The Labute approximate surface area is 122 Å². The number of aromatic nitrogens is 2. The molecule has 1 aliphatic rings. The van der Waals surface area contributed by atoms with Crippen LogP contribution in [-0.4, -0.2) is 33.9 Å². The van der Waals surface area contributed by atoms with E-state index in [9.17, 15) is 4.79 Å². The first kappa shape index (κ1) is 13.2. The number of carbonyl (C=O) groups excluding carboxylic acids is 1. The molecular formula is C15H17N3OS. The molecule has 0 radical (unpaired) electrons. The standard InChI is InChI=1S/C15H17N3OS/c1-10-7-13(12-9-16-11(2)8-17-12)20-14(10)15(19)18-5-3-4-6-18/h7-9H,3-6H2,1-2H3. The number of thiophene rings is 1. The molecule has 1 aliphatic heterocycles. The van der Waals surface area contributed by atoms with Gasteiger partial charge in [-0.3, -0.25) is 14.8 Å². The van der Waals surface area contributed by atoms with E-state index >= 15 is 0 Å². The smallest absolute Gasteiger partial charge is 0.264 e. The Hall–Kier alpha value is -1.75. The van der Waals surface area contributed by atoms with Crippen LogP contribution in [0.5, 0.6) is 0 Å². The lowest BCUT2D eigenvalue weighted by Crippen LogP contribution is -2.27. The first-order valence-electron chi connectivity index (χ1n) is 6.84. The highest BCUT2D eigenvalue weighted by molar-refractivity contribution is 7.17. The van der Waals surface area contributed by atoms with E-state index in [1.807, 2.05) is 24.8 Å². The zero-order valence-corrected chi connectivity index (χ0v) is 12.5. The summed E-state index contributed by atoms with van der Waals surface area (Å²) in [5, 5.41) is 0. The molecule has 2 aromatic rings. The number of nitrogens with zero attached hydrogens (tertiary/aromatic N) is 3. The second kappa shape index (κ2) is 5.32. The minimum Gasteiger partial charge on any atom is -0.338 e. The van der Waals surface area contributed by atoms with Crippen LogP contribution in [0.2, 0.25) is 0 Å². The van der Waals surface area contributed by atoms with E-state index in [0.717, 1.165) is 52.6 Å². The molecule has 0 N–H and O–H groups in total. The molecule has 3 rings (SSSR count). The fourth-order valence-electron chi connectivity index (χ4n) is 2.40. The van der Waals surface area contributed by atoms with Crippen molar-refractivity contribution in [1.82, 2.24) is 14.9 Å². The van der Waals surface area contributed by atoms with Crippen molar-refractivity contribution in [2.75, 3.05) is 13.1 Å². The molecule has 0 aromatic carbocycles. The lowest BCUT2D eigenvalue weighted by atomic mass is 10.2. The Bertz CT molecular complexity index is 627. The molecule has 1 amide bonds. The predicted octanol–water partition coefficient (Wildman–Crippen LogP) is 3.06. The molecule has 1 saturated heterocycles. The van der Waals surface area contributed by atoms with Crippen molar-refractivity contribution in [1.29, 1.82) is 0 Å².